The lowest BCUT2D eigenvalue weighted by molar-refractivity contribution is -0.121. The SMILES string of the molecule is CCCCOc1ccc(CNC(=O)CCNS(=O)(=O)c2ccc(C)c(C)c2)cc1OC. The topological polar surface area (TPSA) is 93.7 Å². The molecule has 0 spiro atoms. The highest BCUT2D eigenvalue weighted by Crippen LogP contribution is 2.28. The van der Waals surface area contributed by atoms with E-state index in [0.29, 0.717) is 24.7 Å². The van der Waals surface area contributed by atoms with E-state index < -0.39 is 10.0 Å². The number of ether oxygens (including phenoxy) is 2. The molecule has 0 atom stereocenters. The average molecular weight is 449 g/mol. The summed E-state index contributed by atoms with van der Waals surface area (Å²) >= 11 is 0. The number of benzene rings is 2. The molecule has 0 radical (unpaired) electrons. The van der Waals surface area contributed by atoms with E-state index in [-0.39, 0.29) is 23.8 Å². The van der Waals surface area contributed by atoms with Gasteiger partial charge in [0.25, 0.3) is 0 Å². The van der Waals surface area contributed by atoms with Gasteiger partial charge in [0.1, 0.15) is 0 Å². The van der Waals surface area contributed by atoms with Crippen LogP contribution in [-0.4, -0.2) is 34.6 Å². The molecule has 0 saturated heterocycles. The van der Waals surface area contributed by atoms with Crippen molar-refractivity contribution >= 4 is 15.9 Å². The van der Waals surface area contributed by atoms with Gasteiger partial charge in [0.2, 0.25) is 15.9 Å². The van der Waals surface area contributed by atoms with Gasteiger partial charge in [-0.05, 0) is 61.2 Å². The summed E-state index contributed by atoms with van der Waals surface area (Å²) in [5.74, 6) is 1.04. The second kappa shape index (κ2) is 11.7. The van der Waals surface area contributed by atoms with Crippen molar-refractivity contribution in [3.63, 3.8) is 0 Å². The van der Waals surface area contributed by atoms with E-state index in [9.17, 15) is 13.2 Å². The maximum atomic E-state index is 12.4. The zero-order chi connectivity index (χ0) is 22.9. The van der Waals surface area contributed by atoms with Crippen molar-refractivity contribution in [1.82, 2.24) is 10.0 Å². The van der Waals surface area contributed by atoms with Crippen LogP contribution in [0.5, 0.6) is 11.5 Å². The number of hydrogen-bond acceptors (Lipinski definition) is 5. The maximum Gasteiger partial charge on any atom is 0.240 e. The molecule has 0 fully saturated rings. The first-order valence-corrected chi connectivity index (χ1v) is 11.9. The van der Waals surface area contributed by atoms with E-state index in [1.54, 1.807) is 25.3 Å². The summed E-state index contributed by atoms with van der Waals surface area (Å²) in [5, 5.41) is 2.79. The van der Waals surface area contributed by atoms with Crippen molar-refractivity contribution in [2.45, 2.75) is 51.5 Å². The van der Waals surface area contributed by atoms with Crippen molar-refractivity contribution in [3.8, 4) is 11.5 Å². The first-order chi connectivity index (χ1) is 14.8. The Kier molecular flexibility index (Phi) is 9.33. The van der Waals surface area contributed by atoms with Crippen LogP contribution in [0.1, 0.15) is 42.9 Å². The highest BCUT2D eigenvalue weighted by Gasteiger charge is 2.15. The van der Waals surface area contributed by atoms with Crippen LogP contribution in [0.15, 0.2) is 41.3 Å². The third-order valence-electron chi connectivity index (χ3n) is 4.91. The Morgan fingerprint density at radius 3 is 2.48 bits per heavy atom. The van der Waals surface area contributed by atoms with Crippen molar-refractivity contribution in [3.05, 3.63) is 53.1 Å². The third kappa shape index (κ3) is 7.56. The van der Waals surface area contributed by atoms with Gasteiger partial charge in [0, 0.05) is 19.5 Å². The fraction of sp³-hybridized carbons (Fsp3) is 0.435. The summed E-state index contributed by atoms with van der Waals surface area (Å²) in [7, 11) is -2.07. The molecule has 0 saturated carbocycles. The fourth-order valence-corrected chi connectivity index (χ4v) is 3.94. The molecule has 0 unspecified atom stereocenters. The Balaban J connectivity index is 1.83. The van der Waals surface area contributed by atoms with Gasteiger partial charge < -0.3 is 14.8 Å². The largest absolute Gasteiger partial charge is 0.493 e. The van der Waals surface area contributed by atoms with E-state index in [0.717, 1.165) is 29.5 Å². The first kappa shape index (κ1) is 24.7. The number of amides is 1. The number of nitrogens with one attached hydrogen (secondary N) is 2. The summed E-state index contributed by atoms with van der Waals surface area (Å²) < 4.78 is 38.3. The summed E-state index contributed by atoms with van der Waals surface area (Å²) in [4.78, 5) is 12.3. The summed E-state index contributed by atoms with van der Waals surface area (Å²) in [5.41, 5.74) is 2.79. The van der Waals surface area contributed by atoms with Crippen molar-refractivity contribution in [1.29, 1.82) is 0 Å². The van der Waals surface area contributed by atoms with Gasteiger partial charge in [-0.1, -0.05) is 25.5 Å². The number of aryl methyl sites for hydroxylation is 2. The van der Waals surface area contributed by atoms with Crippen LogP contribution in [0.3, 0.4) is 0 Å². The molecule has 170 valence electrons. The van der Waals surface area contributed by atoms with Gasteiger partial charge in [-0.3, -0.25) is 4.79 Å². The predicted molar refractivity (Wildman–Crippen MR) is 121 cm³/mol. The van der Waals surface area contributed by atoms with Crippen LogP contribution in [0.4, 0.5) is 0 Å². The van der Waals surface area contributed by atoms with Crippen LogP contribution < -0.4 is 19.5 Å². The van der Waals surface area contributed by atoms with Crippen LogP contribution in [0.2, 0.25) is 0 Å². The Labute approximate surface area is 185 Å². The van der Waals surface area contributed by atoms with Crippen LogP contribution in [-0.2, 0) is 21.4 Å². The zero-order valence-corrected chi connectivity index (χ0v) is 19.5. The minimum atomic E-state index is -3.65. The molecule has 2 aromatic carbocycles. The molecular weight excluding hydrogens is 416 g/mol. The normalized spacial score (nSPS) is 11.2. The van der Waals surface area contributed by atoms with E-state index in [1.165, 1.54) is 0 Å². The molecule has 0 heterocycles. The second-order valence-electron chi connectivity index (χ2n) is 7.36. The van der Waals surface area contributed by atoms with Crippen molar-refractivity contribution < 1.29 is 22.7 Å². The van der Waals surface area contributed by atoms with Crippen LogP contribution in [0.25, 0.3) is 0 Å². The fourth-order valence-electron chi connectivity index (χ4n) is 2.82. The lowest BCUT2D eigenvalue weighted by Crippen LogP contribution is -2.30. The van der Waals surface area contributed by atoms with Crippen LogP contribution >= 0.6 is 0 Å². The molecule has 0 aromatic heterocycles. The molecular formula is C23H32N2O5S. The van der Waals surface area contributed by atoms with Gasteiger partial charge in [-0.2, -0.15) is 0 Å². The van der Waals surface area contributed by atoms with Crippen molar-refractivity contribution in [2.75, 3.05) is 20.3 Å². The van der Waals surface area contributed by atoms with Gasteiger partial charge in [-0.15, -0.1) is 0 Å². The average Bonchev–Trinajstić information content (AvgIpc) is 2.74. The monoisotopic (exact) mass is 448 g/mol. The standard InChI is InChI=1S/C23H32N2O5S/c1-5-6-13-30-21-10-8-19(15-22(21)29-4)16-24-23(26)11-12-25-31(27,28)20-9-7-17(2)18(3)14-20/h7-10,14-15,25H,5-6,11-13,16H2,1-4H3,(H,24,26). The lowest BCUT2D eigenvalue weighted by Gasteiger charge is -2.12. The molecule has 8 heteroatoms. The maximum absolute atomic E-state index is 12.4. The summed E-state index contributed by atoms with van der Waals surface area (Å²) in [6, 6.07) is 10.5. The number of rotatable bonds is 12. The smallest absolute Gasteiger partial charge is 0.240 e. The zero-order valence-electron chi connectivity index (χ0n) is 18.7. The molecule has 1 amide bonds. The molecule has 31 heavy (non-hydrogen) atoms. The van der Waals surface area contributed by atoms with E-state index in [1.807, 2.05) is 32.0 Å². The lowest BCUT2D eigenvalue weighted by atomic mass is 10.1. The molecule has 2 rings (SSSR count). The van der Waals surface area contributed by atoms with Crippen molar-refractivity contribution in [2.24, 2.45) is 0 Å². The number of sulfonamides is 1. The van der Waals surface area contributed by atoms with E-state index in [2.05, 4.69) is 17.0 Å². The van der Waals surface area contributed by atoms with Gasteiger partial charge in [-0.25, -0.2) is 13.1 Å². The molecule has 0 aliphatic heterocycles. The van der Waals surface area contributed by atoms with Crippen LogP contribution in [0, 0.1) is 13.8 Å². The Hall–Kier alpha value is -2.58. The molecule has 2 aromatic rings. The summed E-state index contributed by atoms with van der Waals surface area (Å²) in [6.07, 6.45) is 2.06. The number of carbonyl (C=O) groups excluding carboxylic acids is 1. The molecule has 2 N–H and O–H groups in total. The number of carbonyl (C=O) groups is 1. The van der Waals surface area contributed by atoms with E-state index in [4.69, 9.17) is 9.47 Å². The highest BCUT2D eigenvalue weighted by atomic mass is 32.2. The molecule has 0 aliphatic rings. The quantitative estimate of drug-likeness (QED) is 0.485. The number of unbranched alkanes of at least 4 members (excludes halogenated alkanes) is 1. The molecule has 7 nitrogen and oxygen atoms in total. The predicted octanol–water partition coefficient (Wildman–Crippen LogP) is 3.48. The van der Waals surface area contributed by atoms with Gasteiger partial charge >= 0.3 is 0 Å². The highest BCUT2D eigenvalue weighted by molar-refractivity contribution is 7.89. The van der Waals surface area contributed by atoms with Gasteiger partial charge in [0.05, 0.1) is 18.6 Å². The van der Waals surface area contributed by atoms with Gasteiger partial charge in [0.15, 0.2) is 11.5 Å². The Bertz CT molecular complexity index is 989. The summed E-state index contributed by atoms with van der Waals surface area (Å²) in [6.45, 7) is 6.84. The minimum absolute atomic E-state index is 0.0224. The third-order valence-corrected chi connectivity index (χ3v) is 6.36. The first-order valence-electron chi connectivity index (χ1n) is 10.4. The molecule has 0 aliphatic carbocycles. The van der Waals surface area contributed by atoms with E-state index >= 15 is 0 Å². The Morgan fingerprint density at radius 2 is 1.81 bits per heavy atom. The molecule has 0 bridgehead atoms. The number of hydrogen-bond donors (Lipinski definition) is 2. The number of methoxy groups -OCH3 is 1. The second-order valence-corrected chi connectivity index (χ2v) is 9.12. The Morgan fingerprint density at radius 1 is 1.03 bits per heavy atom. The minimum Gasteiger partial charge on any atom is -0.493 e.